The number of carbonyl (C=O) groups is 1. The van der Waals surface area contributed by atoms with E-state index in [1.807, 2.05) is 31.2 Å². The maximum atomic E-state index is 12.2. The van der Waals surface area contributed by atoms with Crippen molar-refractivity contribution in [3.05, 3.63) is 35.4 Å². The predicted octanol–water partition coefficient (Wildman–Crippen LogP) is 1.51. The maximum Gasteiger partial charge on any atom is 0.254 e. The number of hydrogen-bond acceptors (Lipinski definition) is 3. The largest absolute Gasteiger partial charge is 0.337 e. The third kappa shape index (κ3) is 3.35. The zero-order valence-electron chi connectivity index (χ0n) is 11.1. The van der Waals surface area contributed by atoms with Crippen LogP contribution in [-0.4, -0.2) is 43.8 Å². The Labute approximate surface area is 114 Å². The number of fused-ring (bicyclic) bond motifs is 1. The summed E-state index contributed by atoms with van der Waals surface area (Å²) in [6.45, 7) is 2.76. The van der Waals surface area contributed by atoms with E-state index in [-0.39, 0.29) is 17.4 Å². The molecule has 1 heterocycles. The Morgan fingerprint density at radius 3 is 2.68 bits per heavy atom. The smallest absolute Gasteiger partial charge is 0.254 e. The van der Waals surface area contributed by atoms with Crippen LogP contribution in [0.15, 0.2) is 24.3 Å². The quantitative estimate of drug-likeness (QED) is 0.822. The van der Waals surface area contributed by atoms with Crippen LogP contribution in [0.1, 0.15) is 29.3 Å². The number of sulfone groups is 1. The van der Waals surface area contributed by atoms with Crippen molar-refractivity contribution in [1.29, 1.82) is 0 Å². The first-order valence-electron chi connectivity index (χ1n) is 6.61. The standard InChI is InChI=1S/C14H19NO3S/c1-2-10-19(17,18)11-9-15-8-7-12-5-3-4-6-13(12)14(15)16/h3-6H,2,7-11H2,1H3. The first-order valence-corrected chi connectivity index (χ1v) is 8.43. The molecule has 1 aliphatic heterocycles. The lowest BCUT2D eigenvalue weighted by molar-refractivity contribution is 0.0750. The van der Waals surface area contributed by atoms with Crippen LogP contribution >= 0.6 is 0 Å². The van der Waals surface area contributed by atoms with Gasteiger partial charge >= 0.3 is 0 Å². The Hall–Kier alpha value is -1.36. The monoisotopic (exact) mass is 281 g/mol. The molecule has 0 bridgehead atoms. The van der Waals surface area contributed by atoms with Crippen LogP contribution in [0.4, 0.5) is 0 Å². The molecule has 104 valence electrons. The summed E-state index contributed by atoms with van der Waals surface area (Å²) in [7, 11) is -3.03. The summed E-state index contributed by atoms with van der Waals surface area (Å²) in [4.78, 5) is 13.9. The van der Waals surface area contributed by atoms with Gasteiger partial charge in [0.15, 0.2) is 9.84 Å². The van der Waals surface area contributed by atoms with Crippen LogP contribution in [0.5, 0.6) is 0 Å². The van der Waals surface area contributed by atoms with Gasteiger partial charge in [-0.3, -0.25) is 4.79 Å². The van der Waals surface area contributed by atoms with Crippen molar-refractivity contribution in [2.45, 2.75) is 19.8 Å². The van der Waals surface area contributed by atoms with Crippen LogP contribution < -0.4 is 0 Å². The molecule has 0 saturated carbocycles. The minimum Gasteiger partial charge on any atom is -0.337 e. The summed E-state index contributed by atoms with van der Waals surface area (Å²) in [6.07, 6.45) is 1.43. The molecule has 5 heteroatoms. The van der Waals surface area contributed by atoms with E-state index < -0.39 is 9.84 Å². The maximum absolute atomic E-state index is 12.2. The normalized spacial score (nSPS) is 15.4. The fourth-order valence-corrected chi connectivity index (χ4v) is 3.67. The molecule has 19 heavy (non-hydrogen) atoms. The summed E-state index contributed by atoms with van der Waals surface area (Å²) >= 11 is 0. The summed E-state index contributed by atoms with van der Waals surface area (Å²) in [6, 6.07) is 7.53. The molecule has 0 aliphatic carbocycles. The van der Waals surface area contributed by atoms with Crippen LogP contribution in [0, 0.1) is 0 Å². The number of nitrogens with zero attached hydrogens (tertiary/aromatic N) is 1. The molecular weight excluding hydrogens is 262 g/mol. The molecule has 0 unspecified atom stereocenters. The molecule has 1 aromatic carbocycles. The SMILES string of the molecule is CCCS(=O)(=O)CCN1CCc2ccccc2C1=O. The molecule has 4 nitrogen and oxygen atoms in total. The second-order valence-electron chi connectivity index (χ2n) is 4.85. The fraction of sp³-hybridized carbons (Fsp3) is 0.500. The Balaban J connectivity index is 2.03. The molecular formula is C14H19NO3S. The third-order valence-corrected chi connectivity index (χ3v) is 5.21. The highest BCUT2D eigenvalue weighted by Crippen LogP contribution is 2.18. The van der Waals surface area contributed by atoms with Gasteiger partial charge < -0.3 is 4.90 Å². The van der Waals surface area contributed by atoms with Gasteiger partial charge in [0.25, 0.3) is 5.91 Å². The lowest BCUT2D eigenvalue weighted by Crippen LogP contribution is -2.40. The summed E-state index contributed by atoms with van der Waals surface area (Å²) in [5.74, 6) is 0.217. The first kappa shape index (κ1) is 14.1. The average Bonchev–Trinajstić information content (AvgIpc) is 2.38. The van der Waals surface area contributed by atoms with Crippen LogP contribution in [0.3, 0.4) is 0 Å². The molecule has 0 saturated heterocycles. The van der Waals surface area contributed by atoms with Gasteiger partial charge in [-0.2, -0.15) is 0 Å². The molecule has 0 aromatic heterocycles. The van der Waals surface area contributed by atoms with E-state index in [9.17, 15) is 13.2 Å². The van der Waals surface area contributed by atoms with Crippen LogP contribution in [0.2, 0.25) is 0 Å². The Morgan fingerprint density at radius 2 is 1.95 bits per heavy atom. The zero-order valence-corrected chi connectivity index (χ0v) is 11.9. The Morgan fingerprint density at radius 1 is 1.21 bits per heavy atom. The van der Waals surface area contributed by atoms with Crippen molar-refractivity contribution in [3.8, 4) is 0 Å². The van der Waals surface area contributed by atoms with Gasteiger partial charge in [0.2, 0.25) is 0 Å². The highest BCUT2D eigenvalue weighted by atomic mass is 32.2. The molecule has 0 N–H and O–H groups in total. The fourth-order valence-electron chi connectivity index (χ4n) is 2.35. The van der Waals surface area contributed by atoms with E-state index in [1.54, 1.807) is 4.90 Å². The number of rotatable bonds is 5. The van der Waals surface area contributed by atoms with Crippen molar-refractivity contribution in [1.82, 2.24) is 4.90 Å². The molecule has 0 fully saturated rings. The van der Waals surface area contributed by atoms with Crippen molar-refractivity contribution in [3.63, 3.8) is 0 Å². The molecule has 0 spiro atoms. The number of carbonyl (C=O) groups excluding carboxylic acids is 1. The second-order valence-corrected chi connectivity index (χ2v) is 7.15. The molecule has 1 amide bonds. The van der Waals surface area contributed by atoms with E-state index in [1.165, 1.54) is 0 Å². The van der Waals surface area contributed by atoms with Gasteiger partial charge in [-0.15, -0.1) is 0 Å². The minimum atomic E-state index is -3.03. The van der Waals surface area contributed by atoms with Crippen molar-refractivity contribution in [2.24, 2.45) is 0 Å². The lowest BCUT2D eigenvalue weighted by atomic mass is 9.99. The van der Waals surface area contributed by atoms with Gasteiger partial charge in [-0.25, -0.2) is 8.42 Å². The highest BCUT2D eigenvalue weighted by Gasteiger charge is 2.24. The van der Waals surface area contributed by atoms with Crippen LogP contribution in [0.25, 0.3) is 0 Å². The first-order chi connectivity index (χ1) is 9.03. The van der Waals surface area contributed by atoms with E-state index in [2.05, 4.69) is 0 Å². The second kappa shape index (κ2) is 5.74. The summed E-state index contributed by atoms with van der Waals surface area (Å²) in [5.41, 5.74) is 1.77. The van der Waals surface area contributed by atoms with E-state index in [4.69, 9.17) is 0 Å². The topological polar surface area (TPSA) is 54.5 Å². The molecule has 1 aromatic rings. The van der Waals surface area contributed by atoms with E-state index in [0.717, 1.165) is 12.0 Å². The van der Waals surface area contributed by atoms with Gasteiger partial charge in [0.1, 0.15) is 0 Å². The Kier molecular flexibility index (Phi) is 4.24. The van der Waals surface area contributed by atoms with Gasteiger partial charge in [-0.1, -0.05) is 25.1 Å². The summed E-state index contributed by atoms with van der Waals surface area (Å²) < 4.78 is 23.4. The lowest BCUT2D eigenvalue weighted by Gasteiger charge is -2.28. The third-order valence-electron chi connectivity index (χ3n) is 3.37. The molecule has 0 atom stereocenters. The Bertz CT molecular complexity index is 566. The highest BCUT2D eigenvalue weighted by molar-refractivity contribution is 7.91. The van der Waals surface area contributed by atoms with Crippen molar-refractivity contribution >= 4 is 15.7 Å². The number of benzene rings is 1. The summed E-state index contributed by atoms with van der Waals surface area (Å²) in [5, 5.41) is 0. The van der Waals surface area contributed by atoms with Crippen molar-refractivity contribution < 1.29 is 13.2 Å². The van der Waals surface area contributed by atoms with Gasteiger partial charge in [0.05, 0.1) is 5.75 Å². The number of amides is 1. The van der Waals surface area contributed by atoms with Crippen LogP contribution in [-0.2, 0) is 16.3 Å². The van der Waals surface area contributed by atoms with Gasteiger partial charge in [0, 0.05) is 24.4 Å². The predicted molar refractivity (Wildman–Crippen MR) is 75.0 cm³/mol. The molecule has 1 aliphatic rings. The van der Waals surface area contributed by atoms with E-state index in [0.29, 0.717) is 25.1 Å². The van der Waals surface area contributed by atoms with Gasteiger partial charge in [-0.05, 0) is 24.5 Å². The van der Waals surface area contributed by atoms with E-state index >= 15 is 0 Å². The zero-order chi connectivity index (χ0) is 13.9. The van der Waals surface area contributed by atoms with Crippen molar-refractivity contribution in [2.75, 3.05) is 24.6 Å². The number of hydrogen-bond donors (Lipinski definition) is 0. The minimum absolute atomic E-state index is 0.0476. The molecule has 0 radical (unpaired) electrons. The average molecular weight is 281 g/mol. The molecule has 2 rings (SSSR count).